The van der Waals surface area contributed by atoms with E-state index < -0.39 is 26.6 Å². The van der Waals surface area contributed by atoms with Crippen molar-refractivity contribution in [2.75, 3.05) is 19.6 Å². The van der Waals surface area contributed by atoms with E-state index in [2.05, 4.69) is 0 Å². The number of sulfonamides is 1. The molecule has 1 unspecified atom stereocenters. The molecule has 0 spiro atoms. The Labute approximate surface area is 123 Å². The average Bonchev–Trinajstić information content (AvgIpc) is 2.73. The summed E-state index contributed by atoms with van der Waals surface area (Å²) in [6, 6.07) is 2.47. The number of rotatable bonds is 3. The fraction of sp³-hybridized carbons (Fsp3) is 0.500. The highest BCUT2D eigenvalue weighted by atomic mass is 35.5. The number of halogens is 3. The maximum absolute atomic E-state index is 13.6. The highest BCUT2D eigenvalue weighted by molar-refractivity contribution is 7.89. The molecule has 1 saturated heterocycles. The fourth-order valence-corrected chi connectivity index (χ4v) is 3.81. The summed E-state index contributed by atoms with van der Waals surface area (Å²) in [5.74, 6) is -1.87. The Balaban J connectivity index is 0.00000200. The van der Waals surface area contributed by atoms with Crippen LogP contribution in [0.2, 0.25) is 0 Å². The number of hydrogen-bond donors (Lipinski definition) is 1. The first kappa shape index (κ1) is 17.3. The Bertz CT molecular complexity index is 597. The van der Waals surface area contributed by atoms with Crippen LogP contribution in [0.15, 0.2) is 23.1 Å². The third kappa shape index (κ3) is 3.11. The summed E-state index contributed by atoms with van der Waals surface area (Å²) >= 11 is 0. The number of hydrogen-bond acceptors (Lipinski definition) is 3. The van der Waals surface area contributed by atoms with E-state index in [0.717, 1.165) is 12.1 Å². The Morgan fingerprint density at radius 3 is 2.55 bits per heavy atom. The number of nitrogens with two attached hydrogens (primary N) is 1. The lowest BCUT2D eigenvalue weighted by Crippen LogP contribution is -2.34. The van der Waals surface area contributed by atoms with Gasteiger partial charge in [0.05, 0.1) is 0 Å². The molecule has 1 fully saturated rings. The average molecular weight is 327 g/mol. The van der Waals surface area contributed by atoms with Crippen LogP contribution in [0.3, 0.4) is 0 Å². The Morgan fingerprint density at radius 2 is 2.05 bits per heavy atom. The van der Waals surface area contributed by atoms with Crippen LogP contribution < -0.4 is 5.73 Å². The number of benzene rings is 1. The van der Waals surface area contributed by atoms with Gasteiger partial charge in [-0.3, -0.25) is 0 Å². The van der Waals surface area contributed by atoms with Crippen LogP contribution in [-0.2, 0) is 10.0 Å². The van der Waals surface area contributed by atoms with E-state index in [1.54, 1.807) is 0 Å². The zero-order chi connectivity index (χ0) is 14.3. The van der Waals surface area contributed by atoms with Crippen molar-refractivity contribution in [3.63, 3.8) is 0 Å². The van der Waals surface area contributed by atoms with Gasteiger partial charge in [0.1, 0.15) is 16.5 Å². The van der Waals surface area contributed by atoms with Crippen molar-refractivity contribution in [2.45, 2.75) is 18.2 Å². The molecule has 2 N–H and O–H groups in total. The van der Waals surface area contributed by atoms with Gasteiger partial charge in [0.25, 0.3) is 0 Å². The van der Waals surface area contributed by atoms with Crippen molar-refractivity contribution in [1.29, 1.82) is 0 Å². The molecule has 0 aliphatic carbocycles. The minimum atomic E-state index is -3.93. The molecule has 0 amide bonds. The van der Waals surface area contributed by atoms with Gasteiger partial charge in [-0.2, -0.15) is 4.31 Å². The predicted molar refractivity (Wildman–Crippen MR) is 74.1 cm³/mol. The van der Waals surface area contributed by atoms with Gasteiger partial charge in [-0.05, 0) is 30.5 Å². The molecule has 1 aliphatic heterocycles. The normalized spacial score (nSPS) is 23.6. The minimum Gasteiger partial charge on any atom is -0.330 e. The van der Waals surface area contributed by atoms with Gasteiger partial charge in [0.2, 0.25) is 10.0 Å². The van der Waals surface area contributed by atoms with Crippen molar-refractivity contribution >= 4 is 22.4 Å². The summed E-state index contributed by atoms with van der Waals surface area (Å²) in [6.45, 7) is 2.81. The lowest BCUT2D eigenvalue weighted by Gasteiger charge is -2.22. The molecule has 1 aromatic rings. The van der Waals surface area contributed by atoms with E-state index in [-0.39, 0.29) is 24.4 Å². The predicted octanol–water partition coefficient (Wildman–Crippen LogP) is 1.75. The second-order valence-electron chi connectivity index (χ2n) is 5.18. The second-order valence-corrected chi connectivity index (χ2v) is 7.08. The Morgan fingerprint density at radius 1 is 1.40 bits per heavy atom. The fourth-order valence-electron chi connectivity index (χ4n) is 2.17. The van der Waals surface area contributed by atoms with Crippen LogP contribution in [0.25, 0.3) is 0 Å². The molecule has 0 bridgehead atoms. The first-order valence-corrected chi connectivity index (χ1v) is 7.38. The molecule has 1 aromatic carbocycles. The van der Waals surface area contributed by atoms with Crippen LogP contribution in [0, 0.1) is 17.0 Å². The SMILES string of the molecule is CC1(CN)CCN(S(=O)(=O)c2ccc(F)cc2F)C1.Cl. The molecule has 1 aliphatic rings. The first-order valence-electron chi connectivity index (χ1n) is 5.94. The van der Waals surface area contributed by atoms with Gasteiger partial charge in [0, 0.05) is 19.2 Å². The third-order valence-corrected chi connectivity index (χ3v) is 5.41. The van der Waals surface area contributed by atoms with E-state index >= 15 is 0 Å². The van der Waals surface area contributed by atoms with Crippen LogP contribution in [0.4, 0.5) is 8.78 Å². The van der Waals surface area contributed by atoms with E-state index in [4.69, 9.17) is 5.73 Å². The van der Waals surface area contributed by atoms with Crippen LogP contribution in [0.1, 0.15) is 13.3 Å². The molecule has 4 nitrogen and oxygen atoms in total. The van der Waals surface area contributed by atoms with Crippen LogP contribution >= 0.6 is 12.4 Å². The monoisotopic (exact) mass is 326 g/mol. The highest BCUT2D eigenvalue weighted by Crippen LogP contribution is 2.33. The quantitative estimate of drug-likeness (QED) is 0.920. The van der Waals surface area contributed by atoms with E-state index in [1.165, 1.54) is 4.31 Å². The van der Waals surface area contributed by atoms with Gasteiger partial charge < -0.3 is 5.73 Å². The largest absolute Gasteiger partial charge is 0.330 e. The van der Waals surface area contributed by atoms with Crippen LogP contribution in [-0.4, -0.2) is 32.4 Å². The molecular weight excluding hydrogens is 310 g/mol. The van der Waals surface area contributed by atoms with E-state index in [1.807, 2.05) is 6.92 Å². The summed E-state index contributed by atoms with van der Waals surface area (Å²) < 4.78 is 52.2. The van der Waals surface area contributed by atoms with E-state index in [9.17, 15) is 17.2 Å². The van der Waals surface area contributed by atoms with Crippen LogP contribution in [0.5, 0.6) is 0 Å². The Hall–Kier alpha value is -0.760. The molecule has 0 aromatic heterocycles. The summed E-state index contributed by atoms with van der Waals surface area (Å²) in [5, 5.41) is 0. The van der Waals surface area contributed by atoms with E-state index in [0.29, 0.717) is 25.6 Å². The molecule has 1 heterocycles. The number of nitrogens with zero attached hydrogens (tertiary/aromatic N) is 1. The summed E-state index contributed by atoms with van der Waals surface area (Å²) in [5.41, 5.74) is 5.33. The zero-order valence-corrected chi connectivity index (χ0v) is 12.6. The topological polar surface area (TPSA) is 63.4 Å². The molecule has 20 heavy (non-hydrogen) atoms. The minimum absolute atomic E-state index is 0. The molecule has 0 saturated carbocycles. The van der Waals surface area contributed by atoms with Crippen molar-refractivity contribution in [2.24, 2.45) is 11.1 Å². The molecule has 1 atom stereocenters. The summed E-state index contributed by atoms with van der Waals surface area (Å²) in [4.78, 5) is -0.491. The van der Waals surface area contributed by atoms with Crippen molar-refractivity contribution in [3.05, 3.63) is 29.8 Å². The van der Waals surface area contributed by atoms with Gasteiger partial charge in [-0.15, -0.1) is 12.4 Å². The van der Waals surface area contributed by atoms with Gasteiger partial charge in [-0.25, -0.2) is 17.2 Å². The maximum atomic E-state index is 13.6. The summed E-state index contributed by atoms with van der Waals surface area (Å²) in [7, 11) is -3.93. The van der Waals surface area contributed by atoms with Crippen molar-refractivity contribution < 1.29 is 17.2 Å². The first-order chi connectivity index (χ1) is 8.78. The standard InChI is InChI=1S/C12H16F2N2O2S.ClH/c1-12(7-15)4-5-16(8-12)19(17,18)11-3-2-9(13)6-10(11)14;/h2-3,6H,4-5,7-8,15H2,1H3;1H. The zero-order valence-electron chi connectivity index (χ0n) is 11.0. The van der Waals surface area contributed by atoms with Crippen molar-refractivity contribution in [3.8, 4) is 0 Å². The third-order valence-electron chi connectivity index (χ3n) is 3.53. The van der Waals surface area contributed by atoms with Gasteiger partial charge in [-0.1, -0.05) is 6.92 Å². The van der Waals surface area contributed by atoms with Crippen molar-refractivity contribution in [1.82, 2.24) is 4.31 Å². The molecule has 8 heteroatoms. The molecule has 2 rings (SSSR count). The smallest absolute Gasteiger partial charge is 0.246 e. The summed E-state index contributed by atoms with van der Waals surface area (Å²) in [6.07, 6.45) is 0.630. The second kappa shape index (κ2) is 5.93. The molecule has 0 radical (unpaired) electrons. The van der Waals surface area contributed by atoms with Gasteiger partial charge in [0.15, 0.2) is 0 Å². The lowest BCUT2D eigenvalue weighted by atomic mass is 9.90. The lowest BCUT2D eigenvalue weighted by molar-refractivity contribution is 0.349. The highest BCUT2D eigenvalue weighted by Gasteiger charge is 2.39. The molecular formula is C12H17ClF2N2O2S. The Kier molecular flexibility index (Phi) is 5.13. The maximum Gasteiger partial charge on any atom is 0.246 e. The molecule has 114 valence electrons. The van der Waals surface area contributed by atoms with Gasteiger partial charge >= 0.3 is 0 Å².